The Bertz CT molecular complexity index is 697. The van der Waals surface area contributed by atoms with Crippen LogP contribution in [0.3, 0.4) is 0 Å². The molecule has 0 radical (unpaired) electrons. The number of anilines is 2. The number of hydrogen-bond donors (Lipinski definition) is 3. The highest BCUT2D eigenvalue weighted by Gasteiger charge is 2.26. The zero-order valence-corrected chi connectivity index (χ0v) is 15.2. The molecule has 1 aliphatic heterocycles. The molecule has 1 fully saturated rings. The third kappa shape index (κ3) is 4.84. The molecular formula is C21H27N3O2. The van der Waals surface area contributed by atoms with Gasteiger partial charge in [0.15, 0.2) is 0 Å². The molecule has 2 unspecified atom stereocenters. The van der Waals surface area contributed by atoms with E-state index < -0.39 is 6.04 Å². The molecule has 5 heteroatoms. The van der Waals surface area contributed by atoms with Gasteiger partial charge in [-0.2, -0.15) is 0 Å². The van der Waals surface area contributed by atoms with Crippen molar-refractivity contribution < 1.29 is 9.53 Å². The summed E-state index contributed by atoms with van der Waals surface area (Å²) in [4.78, 5) is 12.4. The van der Waals surface area contributed by atoms with Crippen LogP contribution in [0.15, 0.2) is 54.6 Å². The van der Waals surface area contributed by atoms with E-state index >= 15 is 0 Å². The van der Waals surface area contributed by atoms with Gasteiger partial charge in [0.25, 0.3) is 0 Å². The highest BCUT2D eigenvalue weighted by atomic mass is 16.5. The second kappa shape index (κ2) is 8.83. The first-order valence-corrected chi connectivity index (χ1v) is 9.19. The van der Waals surface area contributed by atoms with Crippen molar-refractivity contribution in [3.8, 4) is 0 Å². The van der Waals surface area contributed by atoms with Gasteiger partial charge in [0.05, 0.1) is 6.04 Å². The van der Waals surface area contributed by atoms with Crippen molar-refractivity contribution in [3.63, 3.8) is 0 Å². The highest BCUT2D eigenvalue weighted by Crippen LogP contribution is 2.22. The molecule has 0 bridgehead atoms. The Morgan fingerprint density at radius 2 is 1.65 bits per heavy atom. The SMILES string of the molecule is CC(Nc1ccc(NC(=O)C(N)C2CCOCC2)cc1)c1ccccc1. The number of carbonyl (C=O) groups excluding carboxylic acids is 1. The molecule has 1 saturated heterocycles. The molecule has 0 saturated carbocycles. The molecular weight excluding hydrogens is 326 g/mol. The maximum absolute atomic E-state index is 12.4. The van der Waals surface area contributed by atoms with Crippen molar-refractivity contribution in [2.45, 2.75) is 31.8 Å². The normalized spacial score (nSPS) is 17.3. The van der Waals surface area contributed by atoms with Gasteiger partial charge in [-0.25, -0.2) is 0 Å². The van der Waals surface area contributed by atoms with E-state index in [-0.39, 0.29) is 17.9 Å². The minimum Gasteiger partial charge on any atom is -0.381 e. The van der Waals surface area contributed by atoms with Gasteiger partial charge < -0.3 is 21.1 Å². The monoisotopic (exact) mass is 353 g/mol. The Hall–Kier alpha value is -2.37. The molecule has 5 nitrogen and oxygen atoms in total. The molecule has 2 aromatic carbocycles. The summed E-state index contributed by atoms with van der Waals surface area (Å²) in [5.74, 6) is 0.0617. The summed E-state index contributed by atoms with van der Waals surface area (Å²) in [6.45, 7) is 3.50. The van der Waals surface area contributed by atoms with E-state index in [0.717, 1.165) is 24.2 Å². The van der Waals surface area contributed by atoms with Crippen LogP contribution in [-0.4, -0.2) is 25.2 Å². The number of benzene rings is 2. The first-order valence-electron chi connectivity index (χ1n) is 9.19. The summed E-state index contributed by atoms with van der Waals surface area (Å²) in [5, 5.41) is 6.38. The second-order valence-electron chi connectivity index (χ2n) is 6.82. The lowest BCUT2D eigenvalue weighted by molar-refractivity contribution is -0.119. The Morgan fingerprint density at radius 1 is 1.04 bits per heavy atom. The highest BCUT2D eigenvalue weighted by molar-refractivity contribution is 5.95. The first-order chi connectivity index (χ1) is 12.6. The van der Waals surface area contributed by atoms with Crippen LogP contribution in [-0.2, 0) is 9.53 Å². The minimum atomic E-state index is -0.491. The average molecular weight is 353 g/mol. The Morgan fingerprint density at radius 3 is 2.31 bits per heavy atom. The summed E-state index contributed by atoms with van der Waals surface area (Å²) in [5.41, 5.74) is 9.12. The van der Waals surface area contributed by atoms with Crippen LogP contribution < -0.4 is 16.4 Å². The zero-order chi connectivity index (χ0) is 18.4. The predicted octanol–water partition coefficient (Wildman–Crippen LogP) is 3.55. The fraction of sp³-hybridized carbons (Fsp3) is 0.381. The lowest BCUT2D eigenvalue weighted by Crippen LogP contribution is -2.43. The fourth-order valence-electron chi connectivity index (χ4n) is 3.24. The van der Waals surface area contributed by atoms with Crippen LogP contribution in [0.2, 0.25) is 0 Å². The van der Waals surface area contributed by atoms with E-state index in [1.807, 2.05) is 42.5 Å². The zero-order valence-electron chi connectivity index (χ0n) is 15.2. The molecule has 3 rings (SSSR count). The lowest BCUT2D eigenvalue weighted by Gasteiger charge is -2.26. The average Bonchev–Trinajstić information content (AvgIpc) is 2.70. The molecule has 0 spiro atoms. The number of rotatable bonds is 6. The molecule has 1 aliphatic rings. The van der Waals surface area contributed by atoms with Gasteiger partial charge in [-0.1, -0.05) is 30.3 Å². The van der Waals surface area contributed by atoms with E-state index in [9.17, 15) is 4.79 Å². The van der Waals surface area contributed by atoms with Gasteiger partial charge >= 0.3 is 0 Å². The topological polar surface area (TPSA) is 76.4 Å². The van der Waals surface area contributed by atoms with Crippen molar-refractivity contribution in [1.82, 2.24) is 0 Å². The molecule has 2 aromatic rings. The van der Waals surface area contributed by atoms with E-state index in [0.29, 0.717) is 13.2 Å². The molecule has 1 heterocycles. The molecule has 1 amide bonds. The molecule has 4 N–H and O–H groups in total. The number of nitrogens with two attached hydrogens (primary N) is 1. The summed E-state index contributed by atoms with van der Waals surface area (Å²) in [7, 11) is 0. The summed E-state index contributed by atoms with van der Waals surface area (Å²) < 4.78 is 5.33. The Balaban J connectivity index is 1.54. The second-order valence-corrected chi connectivity index (χ2v) is 6.82. The maximum atomic E-state index is 12.4. The number of hydrogen-bond acceptors (Lipinski definition) is 4. The smallest absolute Gasteiger partial charge is 0.241 e. The van der Waals surface area contributed by atoms with Crippen molar-refractivity contribution in [2.75, 3.05) is 23.8 Å². The van der Waals surface area contributed by atoms with Crippen LogP contribution in [0.1, 0.15) is 31.4 Å². The third-order valence-corrected chi connectivity index (χ3v) is 4.91. The van der Waals surface area contributed by atoms with Crippen LogP contribution in [0.4, 0.5) is 11.4 Å². The molecule has 2 atom stereocenters. The fourth-order valence-corrected chi connectivity index (χ4v) is 3.24. The lowest BCUT2D eigenvalue weighted by atomic mass is 9.92. The van der Waals surface area contributed by atoms with Crippen molar-refractivity contribution in [2.24, 2.45) is 11.7 Å². The summed E-state index contributed by atoms with van der Waals surface area (Å²) >= 11 is 0. The van der Waals surface area contributed by atoms with Gasteiger partial charge in [-0.15, -0.1) is 0 Å². The number of nitrogens with one attached hydrogen (secondary N) is 2. The maximum Gasteiger partial charge on any atom is 0.241 e. The predicted molar refractivity (Wildman–Crippen MR) is 105 cm³/mol. The Kier molecular flexibility index (Phi) is 6.26. The third-order valence-electron chi connectivity index (χ3n) is 4.91. The van der Waals surface area contributed by atoms with Gasteiger partial charge in [0, 0.05) is 30.6 Å². The van der Waals surface area contributed by atoms with Gasteiger partial charge in [-0.05, 0) is 55.5 Å². The quantitative estimate of drug-likeness (QED) is 0.742. The molecule has 0 aliphatic carbocycles. The van der Waals surface area contributed by atoms with Gasteiger partial charge in [-0.3, -0.25) is 4.79 Å². The van der Waals surface area contributed by atoms with E-state index in [4.69, 9.17) is 10.5 Å². The molecule has 26 heavy (non-hydrogen) atoms. The number of ether oxygens (including phenoxy) is 1. The van der Waals surface area contributed by atoms with Crippen molar-refractivity contribution in [1.29, 1.82) is 0 Å². The Labute approximate surface area is 154 Å². The summed E-state index contributed by atoms with van der Waals surface area (Å²) in [6, 6.07) is 17.7. The van der Waals surface area contributed by atoms with Crippen LogP contribution in [0, 0.1) is 5.92 Å². The van der Waals surface area contributed by atoms with E-state index in [1.165, 1.54) is 5.56 Å². The van der Waals surface area contributed by atoms with Gasteiger partial charge in [0.2, 0.25) is 5.91 Å². The molecule has 0 aromatic heterocycles. The van der Waals surface area contributed by atoms with Crippen LogP contribution in [0.25, 0.3) is 0 Å². The van der Waals surface area contributed by atoms with Crippen molar-refractivity contribution >= 4 is 17.3 Å². The largest absolute Gasteiger partial charge is 0.381 e. The minimum absolute atomic E-state index is 0.129. The summed E-state index contributed by atoms with van der Waals surface area (Å²) in [6.07, 6.45) is 1.68. The number of amides is 1. The first kappa shape index (κ1) is 18.4. The van der Waals surface area contributed by atoms with E-state index in [1.54, 1.807) is 0 Å². The van der Waals surface area contributed by atoms with E-state index in [2.05, 4.69) is 29.7 Å². The van der Waals surface area contributed by atoms with Gasteiger partial charge in [0.1, 0.15) is 0 Å². The van der Waals surface area contributed by atoms with Crippen molar-refractivity contribution in [3.05, 3.63) is 60.2 Å². The molecule has 138 valence electrons. The van der Waals surface area contributed by atoms with Crippen LogP contribution >= 0.6 is 0 Å². The standard InChI is InChI=1S/C21H27N3O2/c1-15(16-5-3-2-4-6-16)23-18-7-9-19(10-8-18)24-21(25)20(22)17-11-13-26-14-12-17/h2-10,15,17,20,23H,11-14,22H2,1H3,(H,24,25). The number of carbonyl (C=O) groups is 1. The van der Waals surface area contributed by atoms with Crippen LogP contribution in [0.5, 0.6) is 0 Å².